The van der Waals surface area contributed by atoms with E-state index in [2.05, 4.69) is 10.1 Å². The topological polar surface area (TPSA) is 70.2 Å². The fraction of sp³-hybridized carbons (Fsp3) is 0.235. The van der Waals surface area contributed by atoms with E-state index in [1.807, 2.05) is 49.7 Å². The Balaban J connectivity index is 2.05. The number of rotatable bonds is 4. The van der Waals surface area contributed by atoms with E-state index in [9.17, 15) is 4.79 Å². The average molecular weight is 311 g/mol. The van der Waals surface area contributed by atoms with Gasteiger partial charge in [-0.3, -0.25) is 4.79 Å². The normalized spacial score (nSPS) is 10.8. The van der Waals surface area contributed by atoms with Crippen molar-refractivity contribution in [3.8, 4) is 28.6 Å². The summed E-state index contributed by atoms with van der Waals surface area (Å²) in [4.78, 5) is 15.9. The number of carbonyl (C=O) groups is 1. The van der Waals surface area contributed by atoms with Gasteiger partial charge in [0.1, 0.15) is 5.75 Å². The van der Waals surface area contributed by atoms with Crippen LogP contribution in [0.3, 0.4) is 0 Å². The van der Waals surface area contributed by atoms with Crippen molar-refractivity contribution in [3.05, 3.63) is 41.2 Å². The standard InChI is InChI=1S/C17H17N3O3/c1-10-14(9-21)15(11(2)20(10)3)17-18-16(19-23-17)12-5-7-13(22-4)8-6-12/h5-9H,1-4H3. The van der Waals surface area contributed by atoms with Gasteiger partial charge in [-0.1, -0.05) is 5.16 Å². The number of nitrogens with zero attached hydrogens (tertiary/aromatic N) is 3. The third-order valence-corrected chi connectivity index (χ3v) is 4.13. The zero-order chi connectivity index (χ0) is 16.6. The van der Waals surface area contributed by atoms with Crippen LogP contribution >= 0.6 is 0 Å². The molecule has 0 saturated carbocycles. The minimum atomic E-state index is 0.346. The molecule has 6 heteroatoms. The van der Waals surface area contributed by atoms with Gasteiger partial charge < -0.3 is 13.8 Å². The Bertz CT molecular complexity index is 860. The van der Waals surface area contributed by atoms with Gasteiger partial charge in [-0.15, -0.1) is 0 Å². The molecule has 23 heavy (non-hydrogen) atoms. The van der Waals surface area contributed by atoms with E-state index in [0.717, 1.165) is 29.0 Å². The van der Waals surface area contributed by atoms with Crippen LogP contribution in [-0.4, -0.2) is 28.1 Å². The number of benzene rings is 1. The molecule has 3 aromatic rings. The molecule has 2 heterocycles. The summed E-state index contributed by atoms with van der Waals surface area (Å²) in [5, 5.41) is 4.02. The minimum Gasteiger partial charge on any atom is -0.497 e. The van der Waals surface area contributed by atoms with Crippen LogP contribution in [0.2, 0.25) is 0 Å². The molecular formula is C17H17N3O3. The van der Waals surface area contributed by atoms with E-state index in [4.69, 9.17) is 9.26 Å². The van der Waals surface area contributed by atoms with Gasteiger partial charge in [0, 0.05) is 29.6 Å². The van der Waals surface area contributed by atoms with E-state index >= 15 is 0 Å². The highest BCUT2D eigenvalue weighted by atomic mass is 16.5. The number of hydrogen-bond donors (Lipinski definition) is 0. The second-order valence-corrected chi connectivity index (χ2v) is 5.29. The van der Waals surface area contributed by atoms with Crippen molar-refractivity contribution in [1.29, 1.82) is 0 Å². The minimum absolute atomic E-state index is 0.346. The first kappa shape index (κ1) is 15.0. The molecule has 0 aliphatic carbocycles. The number of methoxy groups -OCH3 is 1. The van der Waals surface area contributed by atoms with E-state index in [1.165, 1.54) is 0 Å². The Labute approximate surface area is 133 Å². The van der Waals surface area contributed by atoms with Crippen LogP contribution in [0, 0.1) is 13.8 Å². The molecule has 0 fully saturated rings. The molecular weight excluding hydrogens is 294 g/mol. The molecule has 3 rings (SSSR count). The number of aldehydes is 1. The number of carbonyl (C=O) groups excluding carboxylic acids is 1. The van der Waals surface area contributed by atoms with Gasteiger partial charge in [0.15, 0.2) is 6.29 Å². The van der Waals surface area contributed by atoms with Gasteiger partial charge in [0.2, 0.25) is 5.82 Å². The lowest BCUT2D eigenvalue weighted by molar-refractivity contribution is 0.112. The van der Waals surface area contributed by atoms with Crippen molar-refractivity contribution >= 4 is 6.29 Å². The Morgan fingerprint density at radius 3 is 2.48 bits per heavy atom. The van der Waals surface area contributed by atoms with E-state index in [-0.39, 0.29) is 0 Å². The third kappa shape index (κ3) is 2.42. The summed E-state index contributed by atoms with van der Waals surface area (Å²) in [5.74, 6) is 1.58. The predicted octanol–water partition coefficient (Wildman–Crippen LogP) is 3.18. The summed E-state index contributed by atoms with van der Waals surface area (Å²) in [6.07, 6.45) is 0.828. The van der Waals surface area contributed by atoms with E-state index in [0.29, 0.717) is 22.8 Å². The molecule has 0 aliphatic rings. The van der Waals surface area contributed by atoms with Crippen molar-refractivity contribution in [2.75, 3.05) is 7.11 Å². The molecule has 0 amide bonds. The molecule has 1 aromatic carbocycles. The SMILES string of the molecule is COc1ccc(-c2noc(-c3c(C=O)c(C)n(C)c3C)n2)cc1. The second kappa shape index (κ2) is 5.72. The van der Waals surface area contributed by atoms with Gasteiger partial charge in [-0.2, -0.15) is 4.98 Å². The quantitative estimate of drug-likeness (QED) is 0.692. The number of ether oxygens (including phenoxy) is 1. The molecule has 0 radical (unpaired) electrons. The third-order valence-electron chi connectivity index (χ3n) is 4.13. The highest BCUT2D eigenvalue weighted by Crippen LogP contribution is 2.31. The van der Waals surface area contributed by atoms with E-state index in [1.54, 1.807) is 7.11 Å². The van der Waals surface area contributed by atoms with Crippen molar-refractivity contribution < 1.29 is 14.1 Å². The van der Waals surface area contributed by atoms with E-state index < -0.39 is 0 Å². The fourth-order valence-corrected chi connectivity index (χ4v) is 2.57. The van der Waals surface area contributed by atoms with Crippen molar-refractivity contribution in [2.45, 2.75) is 13.8 Å². The molecule has 0 unspecified atom stereocenters. The summed E-state index contributed by atoms with van der Waals surface area (Å²) in [7, 11) is 3.52. The van der Waals surface area contributed by atoms with Gasteiger partial charge in [-0.25, -0.2) is 0 Å². The van der Waals surface area contributed by atoms with Gasteiger partial charge in [0.25, 0.3) is 5.89 Å². The first-order valence-corrected chi connectivity index (χ1v) is 7.16. The molecule has 0 atom stereocenters. The lowest BCUT2D eigenvalue weighted by Gasteiger charge is -1.99. The van der Waals surface area contributed by atoms with Crippen LogP contribution in [0.1, 0.15) is 21.7 Å². The van der Waals surface area contributed by atoms with Crippen LogP contribution in [0.5, 0.6) is 5.75 Å². The van der Waals surface area contributed by atoms with Crippen LogP contribution in [0.15, 0.2) is 28.8 Å². The Morgan fingerprint density at radius 2 is 1.87 bits per heavy atom. The lowest BCUT2D eigenvalue weighted by atomic mass is 10.1. The maximum Gasteiger partial charge on any atom is 0.260 e. The lowest BCUT2D eigenvalue weighted by Crippen LogP contribution is -1.93. The highest BCUT2D eigenvalue weighted by molar-refractivity contribution is 5.88. The molecule has 0 N–H and O–H groups in total. The van der Waals surface area contributed by atoms with Crippen molar-refractivity contribution in [2.24, 2.45) is 7.05 Å². The zero-order valence-electron chi connectivity index (χ0n) is 13.5. The summed E-state index contributed by atoms with van der Waals surface area (Å²) < 4.78 is 12.5. The second-order valence-electron chi connectivity index (χ2n) is 5.29. The number of aromatic nitrogens is 3. The fourth-order valence-electron chi connectivity index (χ4n) is 2.57. The Kier molecular flexibility index (Phi) is 3.73. The summed E-state index contributed by atoms with van der Waals surface area (Å²) >= 11 is 0. The maximum absolute atomic E-state index is 11.4. The predicted molar refractivity (Wildman–Crippen MR) is 85.6 cm³/mol. The van der Waals surface area contributed by atoms with Crippen molar-refractivity contribution in [3.63, 3.8) is 0 Å². The van der Waals surface area contributed by atoms with Gasteiger partial charge in [0.05, 0.1) is 12.7 Å². The average Bonchev–Trinajstić information content (AvgIpc) is 3.14. The van der Waals surface area contributed by atoms with Crippen LogP contribution in [0.4, 0.5) is 0 Å². The maximum atomic E-state index is 11.4. The molecule has 2 aromatic heterocycles. The zero-order valence-corrected chi connectivity index (χ0v) is 13.5. The first-order chi connectivity index (χ1) is 11.1. The van der Waals surface area contributed by atoms with Crippen LogP contribution in [-0.2, 0) is 7.05 Å². The summed E-state index contributed by atoms with van der Waals surface area (Å²) in [6.45, 7) is 3.81. The largest absolute Gasteiger partial charge is 0.497 e. The Morgan fingerprint density at radius 1 is 1.17 bits per heavy atom. The summed E-state index contributed by atoms with van der Waals surface area (Å²) in [6, 6.07) is 7.38. The smallest absolute Gasteiger partial charge is 0.260 e. The Hall–Kier alpha value is -2.89. The molecule has 0 spiro atoms. The van der Waals surface area contributed by atoms with Gasteiger partial charge >= 0.3 is 0 Å². The van der Waals surface area contributed by atoms with Gasteiger partial charge in [-0.05, 0) is 38.1 Å². The molecule has 0 bridgehead atoms. The molecule has 118 valence electrons. The van der Waals surface area contributed by atoms with Crippen molar-refractivity contribution in [1.82, 2.24) is 14.7 Å². The van der Waals surface area contributed by atoms with Crippen LogP contribution in [0.25, 0.3) is 22.8 Å². The first-order valence-electron chi connectivity index (χ1n) is 7.16. The molecule has 6 nitrogen and oxygen atoms in total. The monoisotopic (exact) mass is 311 g/mol. The molecule has 0 aliphatic heterocycles. The highest BCUT2D eigenvalue weighted by Gasteiger charge is 2.22. The molecule has 0 saturated heterocycles. The number of hydrogen-bond acceptors (Lipinski definition) is 5. The summed E-state index contributed by atoms with van der Waals surface area (Å²) in [5.41, 5.74) is 3.87. The van der Waals surface area contributed by atoms with Crippen LogP contribution < -0.4 is 4.74 Å².